The van der Waals surface area contributed by atoms with Crippen LogP contribution < -0.4 is 4.74 Å². The summed E-state index contributed by atoms with van der Waals surface area (Å²) in [5, 5.41) is 7.34. The smallest absolute Gasteiger partial charge is 0.146 e. The first-order valence-corrected chi connectivity index (χ1v) is 3.30. The largest absolute Gasteiger partial charge is 0.494 e. The average molecular weight is 150 g/mol. The number of hydrogen-bond donors (Lipinski definition) is 1. The van der Waals surface area contributed by atoms with E-state index in [1.807, 2.05) is 0 Å². The number of hydrogen-bond acceptors (Lipinski definition) is 3. The Morgan fingerprint density at radius 3 is 2.82 bits per heavy atom. The summed E-state index contributed by atoms with van der Waals surface area (Å²) in [5.41, 5.74) is 1.03. The molecule has 1 aromatic heterocycles. The summed E-state index contributed by atoms with van der Waals surface area (Å²) >= 11 is 0. The number of rotatable bonds is 2. The minimum Gasteiger partial charge on any atom is -0.494 e. The Morgan fingerprint density at radius 1 is 1.64 bits per heavy atom. The quantitative estimate of drug-likeness (QED) is 0.649. The first kappa shape index (κ1) is 7.72. The highest BCUT2D eigenvalue weighted by Crippen LogP contribution is 2.13. The Bertz CT molecular complexity index is 271. The fourth-order valence-corrected chi connectivity index (χ4v) is 0.837. The molecule has 0 radical (unpaired) electrons. The monoisotopic (exact) mass is 150 g/mol. The van der Waals surface area contributed by atoms with Crippen LogP contribution in [0.2, 0.25) is 0 Å². The summed E-state index contributed by atoms with van der Waals surface area (Å²) in [5.74, 6) is 0.653. The van der Waals surface area contributed by atoms with Gasteiger partial charge in [0.25, 0.3) is 0 Å². The molecule has 1 aromatic rings. The number of nitrogens with zero attached hydrogens (tertiary/aromatic N) is 1. The van der Waals surface area contributed by atoms with E-state index in [0.717, 1.165) is 0 Å². The van der Waals surface area contributed by atoms with Crippen LogP contribution in [-0.4, -0.2) is 17.8 Å². The van der Waals surface area contributed by atoms with Crippen LogP contribution in [0.15, 0.2) is 18.3 Å². The molecule has 0 amide bonds. The molecule has 0 aliphatic carbocycles. The molecule has 0 bridgehead atoms. The van der Waals surface area contributed by atoms with Gasteiger partial charge in [-0.15, -0.1) is 0 Å². The molecule has 3 heteroatoms. The SMILES string of the molecule is COc1cccnc1C(C)=N. The lowest BCUT2D eigenvalue weighted by Gasteiger charge is -2.03. The van der Waals surface area contributed by atoms with Crippen molar-refractivity contribution in [1.29, 1.82) is 5.41 Å². The second-order valence-electron chi connectivity index (χ2n) is 2.18. The summed E-state index contributed by atoms with van der Waals surface area (Å²) in [6, 6.07) is 3.58. The van der Waals surface area contributed by atoms with Gasteiger partial charge in [-0.3, -0.25) is 4.98 Å². The normalized spacial score (nSPS) is 9.27. The Morgan fingerprint density at radius 2 is 2.36 bits per heavy atom. The van der Waals surface area contributed by atoms with E-state index in [4.69, 9.17) is 10.1 Å². The highest BCUT2D eigenvalue weighted by Gasteiger charge is 2.03. The number of pyridine rings is 1. The Kier molecular flexibility index (Phi) is 2.21. The zero-order valence-electron chi connectivity index (χ0n) is 6.59. The molecule has 0 fully saturated rings. The van der Waals surface area contributed by atoms with Gasteiger partial charge in [-0.2, -0.15) is 0 Å². The van der Waals surface area contributed by atoms with Crippen molar-refractivity contribution < 1.29 is 4.74 Å². The lowest BCUT2D eigenvalue weighted by atomic mass is 10.2. The van der Waals surface area contributed by atoms with Gasteiger partial charge in [0.1, 0.15) is 11.4 Å². The molecule has 0 aliphatic rings. The summed E-state index contributed by atoms with van der Waals surface area (Å²) in [4.78, 5) is 4.00. The molecule has 1 N–H and O–H groups in total. The van der Waals surface area contributed by atoms with Crippen molar-refractivity contribution in [2.45, 2.75) is 6.92 Å². The predicted octanol–water partition coefficient (Wildman–Crippen LogP) is 1.48. The van der Waals surface area contributed by atoms with E-state index in [-0.39, 0.29) is 0 Å². The van der Waals surface area contributed by atoms with Gasteiger partial charge in [-0.1, -0.05) is 0 Å². The van der Waals surface area contributed by atoms with E-state index in [9.17, 15) is 0 Å². The van der Waals surface area contributed by atoms with Crippen molar-refractivity contribution in [2.24, 2.45) is 0 Å². The van der Waals surface area contributed by atoms with Gasteiger partial charge in [-0.05, 0) is 19.1 Å². The Balaban J connectivity index is 3.12. The number of methoxy groups -OCH3 is 1. The first-order chi connectivity index (χ1) is 5.25. The van der Waals surface area contributed by atoms with Crippen LogP contribution in [-0.2, 0) is 0 Å². The van der Waals surface area contributed by atoms with Crippen LogP contribution in [0.4, 0.5) is 0 Å². The van der Waals surface area contributed by atoms with E-state index >= 15 is 0 Å². The van der Waals surface area contributed by atoms with Crippen molar-refractivity contribution in [2.75, 3.05) is 7.11 Å². The third-order valence-electron chi connectivity index (χ3n) is 1.35. The second kappa shape index (κ2) is 3.14. The fraction of sp³-hybridized carbons (Fsp3) is 0.250. The van der Waals surface area contributed by atoms with Crippen LogP contribution in [0.3, 0.4) is 0 Å². The number of aromatic nitrogens is 1. The molecule has 11 heavy (non-hydrogen) atoms. The summed E-state index contributed by atoms with van der Waals surface area (Å²) in [7, 11) is 1.57. The van der Waals surface area contributed by atoms with Crippen LogP contribution >= 0.6 is 0 Å². The van der Waals surface area contributed by atoms with Crippen molar-refractivity contribution in [3.63, 3.8) is 0 Å². The highest BCUT2D eigenvalue weighted by molar-refractivity contribution is 5.96. The molecule has 58 valence electrons. The molecule has 0 aliphatic heterocycles. The number of ether oxygens (including phenoxy) is 1. The maximum absolute atomic E-state index is 7.34. The standard InChI is InChI=1S/C8H10N2O/c1-6(9)8-7(11-2)4-3-5-10-8/h3-5,9H,1-2H3. The predicted molar refractivity (Wildman–Crippen MR) is 43.3 cm³/mol. The van der Waals surface area contributed by atoms with Gasteiger partial charge in [0.2, 0.25) is 0 Å². The van der Waals surface area contributed by atoms with E-state index in [1.165, 1.54) is 0 Å². The van der Waals surface area contributed by atoms with Gasteiger partial charge in [0.05, 0.1) is 12.8 Å². The van der Waals surface area contributed by atoms with Crippen LogP contribution in [0, 0.1) is 5.41 Å². The molecular weight excluding hydrogens is 140 g/mol. The minimum atomic E-state index is 0.419. The van der Waals surface area contributed by atoms with E-state index in [1.54, 1.807) is 32.4 Å². The summed E-state index contributed by atoms with van der Waals surface area (Å²) < 4.78 is 5.00. The summed E-state index contributed by atoms with van der Waals surface area (Å²) in [6.45, 7) is 1.69. The maximum Gasteiger partial charge on any atom is 0.146 e. The topological polar surface area (TPSA) is 46.0 Å². The van der Waals surface area contributed by atoms with Crippen molar-refractivity contribution in [3.05, 3.63) is 24.0 Å². The molecular formula is C8H10N2O. The lowest BCUT2D eigenvalue weighted by molar-refractivity contribution is 0.412. The molecule has 3 nitrogen and oxygen atoms in total. The van der Waals surface area contributed by atoms with Crippen molar-refractivity contribution >= 4 is 5.71 Å². The summed E-state index contributed by atoms with van der Waals surface area (Å²) in [6.07, 6.45) is 1.65. The molecule has 0 saturated heterocycles. The van der Waals surface area contributed by atoms with Gasteiger partial charge < -0.3 is 10.1 Å². The molecule has 0 spiro atoms. The van der Waals surface area contributed by atoms with Gasteiger partial charge >= 0.3 is 0 Å². The zero-order chi connectivity index (χ0) is 8.27. The van der Waals surface area contributed by atoms with E-state index < -0.39 is 0 Å². The first-order valence-electron chi connectivity index (χ1n) is 3.30. The molecule has 1 heterocycles. The van der Waals surface area contributed by atoms with Crippen molar-refractivity contribution in [3.8, 4) is 5.75 Å². The fourth-order valence-electron chi connectivity index (χ4n) is 0.837. The lowest BCUT2D eigenvalue weighted by Crippen LogP contribution is -1.99. The number of nitrogens with one attached hydrogen (secondary N) is 1. The molecule has 0 atom stereocenters. The van der Waals surface area contributed by atoms with Crippen LogP contribution in [0.25, 0.3) is 0 Å². The van der Waals surface area contributed by atoms with E-state index in [2.05, 4.69) is 4.98 Å². The third-order valence-corrected chi connectivity index (χ3v) is 1.35. The van der Waals surface area contributed by atoms with Gasteiger partial charge in [-0.25, -0.2) is 0 Å². The minimum absolute atomic E-state index is 0.419. The zero-order valence-corrected chi connectivity index (χ0v) is 6.59. The molecule has 0 unspecified atom stereocenters. The van der Waals surface area contributed by atoms with Gasteiger partial charge in [0, 0.05) is 6.20 Å². The highest BCUT2D eigenvalue weighted by atomic mass is 16.5. The van der Waals surface area contributed by atoms with Gasteiger partial charge in [0.15, 0.2) is 0 Å². The van der Waals surface area contributed by atoms with E-state index in [0.29, 0.717) is 17.2 Å². The molecule has 0 saturated carbocycles. The van der Waals surface area contributed by atoms with Crippen LogP contribution in [0.1, 0.15) is 12.6 Å². The molecule has 0 aromatic carbocycles. The van der Waals surface area contributed by atoms with Crippen molar-refractivity contribution in [1.82, 2.24) is 4.98 Å². The average Bonchev–Trinajstić information content (AvgIpc) is 2.04. The Labute approximate surface area is 65.5 Å². The molecule has 1 rings (SSSR count). The van der Waals surface area contributed by atoms with Crippen LogP contribution in [0.5, 0.6) is 5.75 Å². The second-order valence-corrected chi connectivity index (χ2v) is 2.18. The third kappa shape index (κ3) is 1.55. The maximum atomic E-state index is 7.34. The Hall–Kier alpha value is -1.38.